The molecule has 0 spiro atoms. The van der Waals surface area contributed by atoms with Crippen LogP contribution in [0, 0.1) is 0 Å². The SMILES string of the molecule is COc1cc(Nc2cccc(Br)c2)nc(N)n1. The van der Waals surface area contributed by atoms with Crippen LogP contribution in [0.2, 0.25) is 0 Å². The highest BCUT2D eigenvalue weighted by molar-refractivity contribution is 9.10. The number of aromatic nitrogens is 2. The maximum atomic E-state index is 5.57. The van der Waals surface area contributed by atoms with Gasteiger partial charge in [-0.3, -0.25) is 0 Å². The van der Waals surface area contributed by atoms with E-state index in [-0.39, 0.29) is 5.95 Å². The molecule has 5 nitrogen and oxygen atoms in total. The number of nitrogens with zero attached hydrogens (tertiary/aromatic N) is 2. The standard InChI is InChI=1S/C11H11BrN4O/c1-17-10-6-9(15-11(13)16-10)14-8-4-2-3-7(12)5-8/h2-6H,1H3,(H3,13,14,15,16). The van der Waals surface area contributed by atoms with Crippen LogP contribution in [0.4, 0.5) is 17.5 Å². The summed E-state index contributed by atoms with van der Waals surface area (Å²) < 4.78 is 6.00. The van der Waals surface area contributed by atoms with Crippen molar-refractivity contribution in [3.05, 3.63) is 34.8 Å². The van der Waals surface area contributed by atoms with Gasteiger partial charge in [0, 0.05) is 16.2 Å². The summed E-state index contributed by atoms with van der Waals surface area (Å²) in [7, 11) is 1.53. The van der Waals surface area contributed by atoms with Crippen LogP contribution in [0.25, 0.3) is 0 Å². The summed E-state index contributed by atoms with van der Waals surface area (Å²) in [6.07, 6.45) is 0. The van der Waals surface area contributed by atoms with Crippen molar-refractivity contribution >= 4 is 33.4 Å². The molecule has 0 aliphatic carbocycles. The predicted octanol–water partition coefficient (Wildman–Crippen LogP) is 2.57. The summed E-state index contributed by atoms with van der Waals surface area (Å²) in [6.45, 7) is 0. The number of halogens is 1. The zero-order valence-corrected chi connectivity index (χ0v) is 10.7. The molecular weight excluding hydrogens is 284 g/mol. The normalized spacial score (nSPS) is 10.0. The van der Waals surface area contributed by atoms with E-state index in [9.17, 15) is 0 Å². The van der Waals surface area contributed by atoms with Gasteiger partial charge in [0.05, 0.1) is 7.11 Å². The van der Waals surface area contributed by atoms with E-state index in [4.69, 9.17) is 10.5 Å². The summed E-state index contributed by atoms with van der Waals surface area (Å²) in [4.78, 5) is 7.97. The van der Waals surface area contributed by atoms with Crippen molar-refractivity contribution in [1.29, 1.82) is 0 Å². The Morgan fingerprint density at radius 3 is 2.82 bits per heavy atom. The molecule has 0 aliphatic rings. The minimum Gasteiger partial charge on any atom is -0.481 e. The molecule has 0 aliphatic heterocycles. The van der Waals surface area contributed by atoms with Crippen LogP contribution in [0.3, 0.4) is 0 Å². The fourth-order valence-electron chi connectivity index (χ4n) is 1.33. The summed E-state index contributed by atoms with van der Waals surface area (Å²) in [5.41, 5.74) is 6.47. The number of rotatable bonds is 3. The average Bonchev–Trinajstić information content (AvgIpc) is 2.28. The Balaban J connectivity index is 2.26. The van der Waals surface area contributed by atoms with Crippen LogP contribution in [-0.4, -0.2) is 17.1 Å². The Kier molecular flexibility index (Phi) is 3.43. The fourth-order valence-corrected chi connectivity index (χ4v) is 1.72. The highest BCUT2D eigenvalue weighted by Crippen LogP contribution is 2.21. The molecule has 3 N–H and O–H groups in total. The Morgan fingerprint density at radius 2 is 2.12 bits per heavy atom. The molecule has 17 heavy (non-hydrogen) atoms. The van der Waals surface area contributed by atoms with E-state index >= 15 is 0 Å². The first-order valence-electron chi connectivity index (χ1n) is 4.88. The molecular formula is C11H11BrN4O. The Labute approximate surface area is 107 Å². The quantitative estimate of drug-likeness (QED) is 0.910. The van der Waals surface area contributed by atoms with Crippen LogP contribution < -0.4 is 15.8 Å². The molecule has 1 aromatic heterocycles. The third-order valence-electron chi connectivity index (χ3n) is 2.03. The van der Waals surface area contributed by atoms with E-state index in [2.05, 4.69) is 31.2 Å². The number of nitrogens with one attached hydrogen (secondary N) is 1. The second-order valence-electron chi connectivity index (χ2n) is 3.29. The second-order valence-corrected chi connectivity index (χ2v) is 4.20. The van der Waals surface area contributed by atoms with Crippen molar-refractivity contribution in [2.45, 2.75) is 0 Å². The zero-order chi connectivity index (χ0) is 12.3. The van der Waals surface area contributed by atoms with Crippen LogP contribution >= 0.6 is 15.9 Å². The third-order valence-corrected chi connectivity index (χ3v) is 2.52. The van der Waals surface area contributed by atoms with Gasteiger partial charge in [-0.2, -0.15) is 9.97 Å². The van der Waals surface area contributed by atoms with Gasteiger partial charge in [0.25, 0.3) is 0 Å². The summed E-state index contributed by atoms with van der Waals surface area (Å²) in [6, 6.07) is 9.41. The number of nitrogen functional groups attached to an aromatic ring is 1. The first-order chi connectivity index (χ1) is 8.17. The maximum Gasteiger partial charge on any atom is 0.225 e. The number of hydrogen-bond acceptors (Lipinski definition) is 5. The topological polar surface area (TPSA) is 73.1 Å². The van der Waals surface area contributed by atoms with Gasteiger partial charge >= 0.3 is 0 Å². The fraction of sp³-hybridized carbons (Fsp3) is 0.0909. The zero-order valence-electron chi connectivity index (χ0n) is 9.14. The number of benzene rings is 1. The molecule has 0 atom stereocenters. The van der Waals surface area contributed by atoms with Gasteiger partial charge < -0.3 is 15.8 Å². The molecule has 0 radical (unpaired) electrons. The Morgan fingerprint density at radius 1 is 1.29 bits per heavy atom. The van der Waals surface area contributed by atoms with Crippen molar-refractivity contribution in [2.24, 2.45) is 0 Å². The molecule has 0 bridgehead atoms. The summed E-state index contributed by atoms with van der Waals surface area (Å²) in [5.74, 6) is 1.18. The molecule has 0 saturated carbocycles. The molecule has 1 aromatic carbocycles. The van der Waals surface area contributed by atoms with Crippen molar-refractivity contribution in [2.75, 3.05) is 18.2 Å². The van der Waals surface area contributed by atoms with Crippen molar-refractivity contribution in [3.8, 4) is 5.88 Å². The molecule has 88 valence electrons. The number of anilines is 3. The van der Waals surface area contributed by atoms with Gasteiger partial charge in [0.15, 0.2) is 0 Å². The van der Waals surface area contributed by atoms with Crippen molar-refractivity contribution in [1.82, 2.24) is 9.97 Å². The number of methoxy groups -OCH3 is 1. The Bertz CT molecular complexity index is 533. The lowest BCUT2D eigenvalue weighted by molar-refractivity contribution is 0.398. The maximum absolute atomic E-state index is 5.57. The second kappa shape index (κ2) is 5.01. The number of hydrogen-bond donors (Lipinski definition) is 2. The molecule has 0 unspecified atom stereocenters. The van der Waals surface area contributed by atoms with Crippen LogP contribution in [0.5, 0.6) is 5.88 Å². The third kappa shape index (κ3) is 3.07. The lowest BCUT2D eigenvalue weighted by atomic mass is 10.3. The first-order valence-corrected chi connectivity index (χ1v) is 5.68. The summed E-state index contributed by atoms with van der Waals surface area (Å²) in [5, 5.41) is 3.12. The smallest absolute Gasteiger partial charge is 0.225 e. The largest absolute Gasteiger partial charge is 0.481 e. The van der Waals surface area contributed by atoms with E-state index < -0.39 is 0 Å². The molecule has 1 heterocycles. The van der Waals surface area contributed by atoms with Crippen molar-refractivity contribution in [3.63, 3.8) is 0 Å². The summed E-state index contributed by atoms with van der Waals surface area (Å²) >= 11 is 3.40. The molecule has 0 saturated heterocycles. The van der Waals surface area contributed by atoms with Gasteiger partial charge in [-0.15, -0.1) is 0 Å². The molecule has 0 amide bonds. The molecule has 0 fully saturated rings. The van der Waals surface area contributed by atoms with Gasteiger partial charge in [0.2, 0.25) is 11.8 Å². The predicted molar refractivity (Wildman–Crippen MR) is 70.4 cm³/mol. The van der Waals surface area contributed by atoms with Crippen molar-refractivity contribution < 1.29 is 4.74 Å². The van der Waals surface area contributed by atoms with Crippen LogP contribution in [0.1, 0.15) is 0 Å². The molecule has 2 rings (SSSR count). The average molecular weight is 295 g/mol. The van der Waals surface area contributed by atoms with Crippen LogP contribution in [-0.2, 0) is 0 Å². The van der Waals surface area contributed by atoms with Gasteiger partial charge in [-0.1, -0.05) is 22.0 Å². The van der Waals surface area contributed by atoms with Gasteiger partial charge in [-0.05, 0) is 18.2 Å². The highest BCUT2D eigenvalue weighted by Gasteiger charge is 2.02. The monoisotopic (exact) mass is 294 g/mol. The molecule has 6 heteroatoms. The number of ether oxygens (including phenoxy) is 1. The van der Waals surface area contributed by atoms with E-state index in [1.165, 1.54) is 7.11 Å². The molecule has 2 aromatic rings. The van der Waals surface area contributed by atoms with Crippen LogP contribution in [0.15, 0.2) is 34.8 Å². The number of nitrogens with two attached hydrogens (primary N) is 1. The minimum absolute atomic E-state index is 0.168. The lowest BCUT2D eigenvalue weighted by Gasteiger charge is -2.07. The lowest BCUT2D eigenvalue weighted by Crippen LogP contribution is -2.01. The minimum atomic E-state index is 0.168. The van der Waals surface area contributed by atoms with E-state index in [0.717, 1.165) is 10.2 Å². The van der Waals surface area contributed by atoms with E-state index in [1.54, 1.807) is 6.07 Å². The highest BCUT2D eigenvalue weighted by atomic mass is 79.9. The van der Waals surface area contributed by atoms with E-state index in [1.807, 2.05) is 24.3 Å². The first kappa shape index (κ1) is 11.7. The van der Waals surface area contributed by atoms with E-state index in [0.29, 0.717) is 11.7 Å². The Hall–Kier alpha value is -1.82. The van der Waals surface area contributed by atoms with Gasteiger partial charge in [-0.25, -0.2) is 0 Å². The van der Waals surface area contributed by atoms with Gasteiger partial charge in [0.1, 0.15) is 5.82 Å².